The molecule has 0 aromatic carbocycles. The monoisotopic (exact) mass is 209 g/mol. The molecule has 6 heteroatoms. The first-order valence-electron chi connectivity index (χ1n) is 4.59. The lowest BCUT2D eigenvalue weighted by molar-refractivity contribution is -0.732. The molecule has 0 atom stereocenters. The van der Waals surface area contributed by atoms with Crippen LogP contribution in [0, 0.1) is 0 Å². The van der Waals surface area contributed by atoms with Crippen LogP contribution in [0.5, 0.6) is 0 Å². The van der Waals surface area contributed by atoms with Gasteiger partial charge in [0, 0.05) is 0 Å². The fraction of sp³-hybridized carbons (Fsp3) is 0.444. The number of nitrogens with one attached hydrogen (secondary N) is 1. The van der Waals surface area contributed by atoms with E-state index < -0.39 is 5.63 Å². The van der Waals surface area contributed by atoms with Crippen molar-refractivity contribution in [2.75, 3.05) is 5.73 Å². The Morgan fingerprint density at radius 1 is 1.53 bits per heavy atom. The number of H-pyrrole nitrogens is 1. The second kappa shape index (κ2) is 2.82. The highest BCUT2D eigenvalue weighted by Gasteiger charge is 2.25. The summed E-state index contributed by atoms with van der Waals surface area (Å²) < 4.78 is 6.53. The highest BCUT2D eigenvalue weighted by atomic mass is 16.4. The Bertz CT molecular complexity index is 561. The molecule has 2 heterocycles. The Hall–Kier alpha value is -1.85. The number of fused-ring (bicyclic) bond motifs is 1. The molecule has 0 saturated heterocycles. The third kappa shape index (κ3) is 1.47. The summed E-state index contributed by atoms with van der Waals surface area (Å²) in [6.45, 7) is 6.02. The minimum atomic E-state index is -0.500. The molecule has 2 rings (SSSR count). The quantitative estimate of drug-likeness (QED) is 0.604. The van der Waals surface area contributed by atoms with Crippen LogP contribution in [0.25, 0.3) is 11.2 Å². The molecule has 0 aliphatic rings. The lowest BCUT2D eigenvalue weighted by Gasteiger charge is -2.14. The van der Waals surface area contributed by atoms with Gasteiger partial charge in [-0.2, -0.15) is 0 Å². The summed E-state index contributed by atoms with van der Waals surface area (Å²) in [6, 6.07) is -0.120. The average Bonchev–Trinajstić information content (AvgIpc) is 2.45. The van der Waals surface area contributed by atoms with Crippen LogP contribution in [-0.4, -0.2) is 9.97 Å². The fourth-order valence-corrected chi connectivity index (χ4v) is 1.42. The standard InChI is InChI=1S/C9H12N4O2/c1-9(2,3)13-4-11-5-6(13)12-8(10)15-7(5)14/h4H,1-3H3,(H2,10,12,14)/p+1. The third-order valence-corrected chi connectivity index (χ3v) is 2.13. The van der Waals surface area contributed by atoms with Crippen molar-refractivity contribution >= 4 is 17.2 Å². The summed E-state index contributed by atoms with van der Waals surface area (Å²) in [5, 5.41) is 0. The number of rotatable bonds is 0. The normalized spacial score (nSPS) is 12.2. The zero-order valence-corrected chi connectivity index (χ0v) is 8.87. The van der Waals surface area contributed by atoms with Crippen LogP contribution in [0.3, 0.4) is 0 Å². The van der Waals surface area contributed by atoms with E-state index in [1.165, 1.54) is 0 Å². The van der Waals surface area contributed by atoms with E-state index in [1.54, 1.807) is 6.33 Å². The van der Waals surface area contributed by atoms with Crippen molar-refractivity contribution in [3.05, 3.63) is 16.7 Å². The lowest BCUT2D eigenvalue weighted by atomic mass is 10.1. The molecule has 0 radical (unpaired) electrons. The second-order valence-corrected chi connectivity index (χ2v) is 4.35. The molecule has 0 amide bonds. The number of imidazole rings is 1. The number of aromatic amines is 1. The molecule has 80 valence electrons. The maximum absolute atomic E-state index is 11.4. The number of aromatic nitrogens is 3. The predicted octanol–water partition coefficient (Wildman–Crippen LogP) is 0.141. The van der Waals surface area contributed by atoms with Crippen LogP contribution in [0.2, 0.25) is 0 Å². The fourth-order valence-electron chi connectivity index (χ4n) is 1.42. The molecule has 2 aromatic rings. The molecule has 0 aliphatic carbocycles. The molecule has 0 spiro atoms. The number of anilines is 1. The van der Waals surface area contributed by atoms with E-state index in [9.17, 15) is 4.79 Å². The van der Waals surface area contributed by atoms with Crippen LogP contribution < -0.4 is 15.9 Å². The van der Waals surface area contributed by atoms with Gasteiger partial charge in [-0.3, -0.25) is 4.98 Å². The van der Waals surface area contributed by atoms with Gasteiger partial charge in [0.15, 0.2) is 6.33 Å². The molecule has 0 aliphatic heterocycles. The summed E-state index contributed by atoms with van der Waals surface area (Å²) in [6.07, 6.45) is 1.69. The second-order valence-electron chi connectivity index (χ2n) is 4.35. The van der Waals surface area contributed by atoms with Gasteiger partial charge >= 0.3 is 17.3 Å². The maximum Gasteiger partial charge on any atom is 0.386 e. The van der Waals surface area contributed by atoms with Gasteiger partial charge in [0.2, 0.25) is 0 Å². The van der Waals surface area contributed by atoms with Crippen molar-refractivity contribution < 1.29 is 8.98 Å². The van der Waals surface area contributed by atoms with Gasteiger partial charge < -0.3 is 10.2 Å². The summed E-state index contributed by atoms with van der Waals surface area (Å²) in [5.74, 6) is 0. The molecule has 0 unspecified atom stereocenters. The zero-order chi connectivity index (χ0) is 11.2. The van der Waals surface area contributed by atoms with E-state index in [4.69, 9.17) is 5.73 Å². The molecule has 0 fully saturated rings. The molecule has 0 bridgehead atoms. The van der Waals surface area contributed by atoms with Crippen LogP contribution in [0.1, 0.15) is 20.8 Å². The first-order chi connectivity index (χ1) is 6.89. The smallest absolute Gasteiger partial charge is 0.374 e. The van der Waals surface area contributed by atoms with Crippen LogP contribution >= 0.6 is 0 Å². The predicted molar refractivity (Wildman–Crippen MR) is 54.2 cm³/mol. The van der Waals surface area contributed by atoms with Gasteiger partial charge in [-0.25, -0.2) is 9.36 Å². The Morgan fingerprint density at radius 3 is 2.80 bits per heavy atom. The lowest BCUT2D eigenvalue weighted by Crippen LogP contribution is -2.49. The summed E-state index contributed by atoms with van der Waals surface area (Å²) in [5.41, 5.74) is 5.56. The highest BCUT2D eigenvalue weighted by Crippen LogP contribution is 2.09. The first kappa shape index (κ1) is 9.70. The Kier molecular flexibility index (Phi) is 1.82. The maximum atomic E-state index is 11.4. The summed E-state index contributed by atoms with van der Waals surface area (Å²) in [7, 11) is 0. The number of hydrogen-bond acceptors (Lipinski definition) is 4. The van der Waals surface area contributed by atoms with Crippen molar-refractivity contribution in [3.63, 3.8) is 0 Å². The Labute approximate surface area is 85.7 Å². The SMILES string of the molecule is CC(C)(C)[n+]1c[nH]c2c(=O)oc(N)nc21. The molecule has 0 saturated carbocycles. The molecular formula is C9H13N4O2+. The first-order valence-corrected chi connectivity index (χ1v) is 4.59. The number of nitrogen functional groups attached to an aromatic ring is 1. The van der Waals surface area contributed by atoms with Gasteiger partial charge in [0.1, 0.15) is 0 Å². The van der Waals surface area contributed by atoms with E-state index in [-0.39, 0.29) is 11.6 Å². The largest absolute Gasteiger partial charge is 0.386 e. The topological polar surface area (TPSA) is 88.8 Å². The van der Waals surface area contributed by atoms with E-state index >= 15 is 0 Å². The minimum absolute atomic E-state index is 0.120. The van der Waals surface area contributed by atoms with Crippen LogP contribution in [0.15, 0.2) is 15.5 Å². The van der Waals surface area contributed by atoms with Gasteiger partial charge in [0.25, 0.3) is 5.52 Å². The molecule has 2 aromatic heterocycles. The van der Waals surface area contributed by atoms with Crippen molar-refractivity contribution in [3.8, 4) is 0 Å². The highest BCUT2D eigenvalue weighted by molar-refractivity contribution is 5.64. The van der Waals surface area contributed by atoms with Crippen LogP contribution in [0.4, 0.5) is 6.01 Å². The average molecular weight is 209 g/mol. The summed E-state index contributed by atoms with van der Waals surface area (Å²) in [4.78, 5) is 18.2. The Morgan fingerprint density at radius 2 is 2.20 bits per heavy atom. The molecular weight excluding hydrogens is 196 g/mol. The van der Waals surface area contributed by atoms with Crippen LogP contribution in [-0.2, 0) is 5.54 Å². The van der Waals surface area contributed by atoms with Gasteiger partial charge in [0.05, 0.1) is 5.54 Å². The number of hydrogen-bond donors (Lipinski definition) is 2. The van der Waals surface area contributed by atoms with Gasteiger partial charge in [-0.1, -0.05) is 0 Å². The van der Waals surface area contributed by atoms with Crippen molar-refractivity contribution in [1.29, 1.82) is 0 Å². The summed E-state index contributed by atoms with van der Waals surface area (Å²) >= 11 is 0. The van der Waals surface area contributed by atoms with E-state index in [2.05, 4.69) is 14.4 Å². The van der Waals surface area contributed by atoms with E-state index in [1.807, 2.05) is 25.3 Å². The third-order valence-electron chi connectivity index (χ3n) is 2.13. The minimum Gasteiger partial charge on any atom is -0.374 e. The van der Waals surface area contributed by atoms with Crippen molar-refractivity contribution in [1.82, 2.24) is 9.97 Å². The van der Waals surface area contributed by atoms with E-state index in [0.717, 1.165) is 0 Å². The van der Waals surface area contributed by atoms with Crippen molar-refractivity contribution in [2.45, 2.75) is 26.3 Å². The van der Waals surface area contributed by atoms with Gasteiger partial charge in [-0.15, -0.1) is 0 Å². The molecule has 6 nitrogen and oxygen atoms in total. The number of nitrogens with two attached hydrogens (primary N) is 1. The van der Waals surface area contributed by atoms with E-state index in [0.29, 0.717) is 11.2 Å². The Balaban J connectivity index is 2.86. The van der Waals surface area contributed by atoms with Gasteiger partial charge in [-0.05, 0) is 25.8 Å². The number of nitrogens with zero attached hydrogens (tertiary/aromatic N) is 2. The zero-order valence-electron chi connectivity index (χ0n) is 8.87. The molecule has 3 N–H and O–H groups in total. The molecule has 15 heavy (non-hydrogen) atoms. The van der Waals surface area contributed by atoms with Crippen molar-refractivity contribution in [2.24, 2.45) is 0 Å².